The molecule has 40 heavy (non-hydrogen) atoms. The number of hydrogen-bond donors (Lipinski definition) is 3. The van der Waals surface area contributed by atoms with Crippen molar-refractivity contribution in [1.29, 1.82) is 0 Å². The highest BCUT2D eigenvalue weighted by molar-refractivity contribution is 6.06. The molecule has 3 N–H and O–H groups in total. The lowest BCUT2D eigenvalue weighted by Gasteiger charge is -2.22. The molecule has 0 bridgehead atoms. The SMILES string of the molecule is COc1ccc(C2=C/C(=N\OCC(=O)NO)CCc3c2cc(OC)c(OC)c3OC)cc1NC(=O)OC(C)(C)C. The number of anilines is 1. The highest BCUT2D eigenvalue weighted by atomic mass is 16.6. The van der Waals surface area contributed by atoms with Crippen molar-refractivity contribution in [3.63, 3.8) is 0 Å². The van der Waals surface area contributed by atoms with Crippen LogP contribution in [0.25, 0.3) is 5.57 Å². The number of methoxy groups -OCH3 is 4. The highest BCUT2D eigenvalue weighted by Gasteiger charge is 2.26. The Hall–Kier alpha value is -4.45. The summed E-state index contributed by atoms with van der Waals surface area (Å²) in [7, 11) is 6.12. The van der Waals surface area contributed by atoms with E-state index >= 15 is 0 Å². The van der Waals surface area contributed by atoms with Gasteiger partial charge in [0.05, 0.1) is 39.8 Å². The summed E-state index contributed by atoms with van der Waals surface area (Å²) in [6.07, 6.45) is 2.10. The molecule has 2 aromatic carbocycles. The number of ether oxygens (including phenoxy) is 5. The predicted octanol–water partition coefficient (Wildman–Crippen LogP) is 4.32. The number of carbonyl (C=O) groups excluding carboxylic acids is 2. The van der Waals surface area contributed by atoms with E-state index in [2.05, 4.69) is 10.5 Å². The van der Waals surface area contributed by atoms with Crippen molar-refractivity contribution in [1.82, 2.24) is 5.48 Å². The summed E-state index contributed by atoms with van der Waals surface area (Å²) in [5.41, 5.74) is 4.74. The molecule has 0 heterocycles. The molecule has 2 amide bonds. The zero-order valence-corrected chi connectivity index (χ0v) is 23.7. The lowest BCUT2D eigenvalue weighted by molar-refractivity contribution is -0.133. The van der Waals surface area contributed by atoms with E-state index in [-0.39, 0.29) is 0 Å². The van der Waals surface area contributed by atoms with Gasteiger partial charge in [0.2, 0.25) is 5.75 Å². The molecule has 0 fully saturated rings. The Balaban J connectivity index is 2.20. The summed E-state index contributed by atoms with van der Waals surface area (Å²) in [4.78, 5) is 29.2. The van der Waals surface area contributed by atoms with E-state index in [1.165, 1.54) is 26.8 Å². The van der Waals surface area contributed by atoms with Gasteiger partial charge in [-0.05, 0) is 74.6 Å². The lowest BCUT2D eigenvalue weighted by Crippen LogP contribution is -2.27. The molecule has 0 radical (unpaired) electrons. The zero-order chi connectivity index (χ0) is 29.4. The Labute approximate surface area is 232 Å². The average molecular weight is 558 g/mol. The second kappa shape index (κ2) is 13.1. The Kier molecular flexibility index (Phi) is 9.83. The first-order valence-corrected chi connectivity index (χ1v) is 12.4. The molecule has 0 spiro atoms. The smallest absolute Gasteiger partial charge is 0.412 e. The fraction of sp³-hybridized carbons (Fsp3) is 0.393. The van der Waals surface area contributed by atoms with Gasteiger partial charge in [0, 0.05) is 5.56 Å². The van der Waals surface area contributed by atoms with E-state index in [0.29, 0.717) is 58.4 Å². The minimum Gasteiger partial charge on any atom is -0.495 e. The number of nitrogens with one attached hydrogen (secondary N) is 2. The van der Waals surface area contributed by atoms with Gasteiger partial charge in [0.15, 0.2) is 18.1 Å². The quantitative estimate of drug-likeness (QED) is 0.303. The third-order valence-electron chi connectivity index (χ3n) is 5.81. The Morgan fingerprint density at radius 3 is 2.25 bits per heavy atom. The monoisotopic (exact) mass is 557 g/mol. The van der Waals surface area contributed by atoms with Crippen molar-refractivity contribution in [2.24, 2.45) is 5.16 Å². The van der Waals surface area contributed by atoms with Crippen LogP contribution in [0.4, 0.5) is 10.5 Å². The molecule has 0 saturated carbocycles. The number of hydroxylamine groups is 1. The minimum absolute atomic E-state index is 0.391. The lowest BCUT2D eigenvalue weighted by atomic mass is 9.92. The summed E-state index contributed by atoms with van der Waals surface area (Å²) in [6.45, 7) is 4.86. The first-order chi connectivity index (χ1) is 19.0. The first kappa shape index (κ1) is 30.1. The third-order valence-corrected chi connectivity index (χ3v) is 5.81. The number of amides is 2. The maximum Gasteiger partial charge on any atom is 0.412 e. The van der Waals surface area contributed by atoms with Crippen LogP contribution < -0.4 is 29.7 Å². The standard InChI is InChI=1S/C28H35N3O9/c1-28(2,3)40-27(33)29-21-12-16(8-11-22(21)35-4)19-13-17(31-39-15-24(32)30-34)9-10-18-20(19)14-23(36-5)26(38-7)25(18)37-6/h8,11-14,34H,9-10,15H2,1-7H3,(H,29,33)(H,30,32)/b31-17-. The average Bonchev–Trinajstić information content (AvgIpc) is 3.10. The number of carbonyl (C=O) groups is 2. The highest BCUT2D eigenvalue weighted by Crippen LogP contribution is 2.47. The largest absolute Gasteiger partial charge is 0.495 e. The van der Waals surface area contributed by atoms with E-state index in [0.717, 1.165) is 11.1 Å². The van der Waals surface area contributed by atoms with Crippen LogP contribution in [0.2, 0.25) is 0 Å². The molecule has 1 aliphatic carbocycles. The third kappa shape index (κ3) is 7.14. The Bertz CT molecular complexity index is 1310. The van der Waals surface area contributed by atoms with Gasteiger partial charge in [-0.1, -0.05) is 11.2 Å². The summed E-state index contributed by atoms with van der Waals surface area (Å²) in [5.74, 6) is 1.10. The summed E-state index contributed by atoms with van der Waals surface area (Å²) < 4.78 is 27.9. The van der Waals surface area contributed by atoms with Gasteiger partial charge in [-0.2, -0.15) is 0 Å². The van der Waals surface area contributed by atoms with Crippen LogP contribution in [-0.4, -0.2) is 63.6 Å². The molecule has 12 nitrogen and oxygen atoms in total. The molecule has 12 heteroatoms. The van der Waals surface area contributed by atoms with Gasteiger partial charge < -0.3 is 28.5 Å². The van der Waals surface area contributed by atoms with E-state index in [4.69, 9.17) is 33.7 Å². The maximum atomic E-state index is 12.6. The summed E-state index contributed by atoms with van der Waals surface area (Å²) in [6, 6.07) is 7.16. The van der Waals surface area contributed by atoms with Gasteiger partial charge in [-0.3, -0.25) is 15.3 Å². The second-order valence-electron chi connectivity index (χ2n) is 9.66. The number of oxime groups is 1. The number of allylic oxidation sites excluding steroid dienone is 1. The molecular weight excluding hydrogens is 522 g/mol. The van der Waals surface area contributed by atoms with Gasteiger partial charge in [-0.25, -0.2) is 10.3 Å². The van der Waals surface area contributed by atoms with Crippen LogP contribution in [0.1, 0.15) is 43.9 Å². The molecular formula is C28H35N3O9. The fourth-order valence-corrected chi connectivity index (χ4v) is 4.18. The predicted molar refractivity (Wildman–Crippen MR) is 148 cm³/mol. The molecule has 0 atom stereocenters. The number of fused-ring (bicyclic) bond motifs is 1. The Morgan fingerprint density at radius 2 is 1.65 bits per heavy atom. The molecule has 216 valence electrons. The maximum absolute atomic E-state index is 12.6. The van der Waals surface area contributed by atoms with Crippen molar-refractivity contribution in [2.45, 2.75) is 39.2 Å². The van der Waals surface area contributed by atoms with Crippen LogP contribution >= 0.6 is 0 Å². The van der Waals surface area contributed by atoms with Gasteiger partial charge in [-0.15, -0.1) is 0 Å². The van der Waals surface area contributed by atoms with Crippen LogP contribution in [0.5, 0.6) is 23.0 Å². The molecule has 1 aliphatic rings. The van der Waals surface area contributed by atoms with Crippen molar-refractivity contribution in [3.05, 3.63) is 47.0 Å². The van der Waals surface area contributed by atoms with Gasteiger partial charge in [0.25, 0.3) is 5.91 Å². The zero-order valence-electron chi connectivity index (χ0n) is 23.7. The minimum atomic E-state index is -0.741. The summed E-state index contributed by atoms with van der Waals surface area (Å²) >= 11 is 0. The molecule has 0 saturated heterocycles. The van der Waals surface area contributed by atoms with E-state index in [1.807, 2.05) is 18.2 Å². The van der Waals surface area contributed by atoms with Gasteiger partial charge in [0.1, 0.15) is 11.4 Å². The van der Waals surface area contributed by atoms with E-state index in [9.17, 15) is 9.59 Å². The fourth-order valence-electron chi connectivity index (χ4n) is 4.18. The second-order valence-corrected chi connectivity index (χ2v) is 9.66. The molecule has 0 unspecified atom stereocenters. The molecule has 0 aliphatic heterocycles. The van der Waals surface area contributed by atoms with Crippen molar-refractivity contribution >= 4 is 29.0 Å². The van der Waals surface area contributed by atoms with Crippen LogP contribution in [0, 0.1) is 0 Å². The molecule has 0 aromatic heterocycles. The van der Waals surface area contributed by atoms with Crippen molar-refractivity contribution in [2.75, 3.05) is 40.4 Å². The van der Waals surface area contributed by atoms with E-state index < -0.39 is 24.2 Å². The number of rotatable bonds is 9. The van der Waals surface area contributed by atoms with Crippen molar-refractivity contribution < 1.29 is 43.3 Å². The van der Waals surface area contributed by atoms with Crippen molar-refractivity contribution in [3.8, 4) is 23.0 Å². The molecule has 2 aromatic rings. The van der Waals surface area contributed by atoms with Crippen LogP contribution in [0.3, 0.4) is 0 Å². The Morgan fingerprint density at radius 1 is 0.950 bits per heavy atom. The number of hydrogen-bond acceptors (Lipinski definition) is 10. The molecule has 3 rings (SSSR count). The van der Waals surface area contributed by atoms with Crippen LogP contribution in [0.15, 0.2) is 35.5 Å². The topological polar surface area (TPSA) is 146 Å². The first-order valence-electron chi connectivity index (χ1n) is 12.4. The van der Waals surface area contributed by atoms with Crippen LogP contribution in [-0.2, 0) is 20.8 Å². The number of benzene rings is 2. The summed E-state index contributed by atoms with van der Waals surface area (Å²) in [5, 5.41) is 15.6. The normalized spacial score (nSPS) is 13.8. The van der Waals surface area contributed by atoms with E-state index in [1.54, 1.807) is 40.0 Å². The van der Waals surface area contributed by atoms with Gasteiger partial charge >= 0.3 is 6.09 Å². The number of nitrogens with zero attached hydrogens (tertiary/aromatic N) is 1.